The first kappa shape index (κ1) is 13.9. The van der Waals surface area contributed by atoms with Crippen LogP contribution in [0.2, 0.25) is 0 Å². The van der Waals surface area contributed by atoms with Crippen LogP contribution in [0.25, 0.3) is 11.0 Å². The predicted molar refractivity (Wildman–Crippen MR) is 80.3 cm³/mol. The van der Waals surface area contributed by atoms with E-state index in [1.807, 2.05) is 6.07 Å². The molecular weight excluding hydrogens is 270 g/mol. The number of hydrogen-bond acceptors (Lipinski definition) is 3. The van der Waals surface area contributed by atoms with Gasteiger partial charge in [0, 0.05) is 19.8 Å². The zero-order chi connectivity index (χ0) is 15.0. The number of aromatic nitrogens is 2. The van der Waals surface area contributed by atoms with Gasteiger partial charge in [0.1, 0.15) is 6.61 Å². The molecule has 6 heteroatoms. The minimum absolute atomic E-state index is 0.0717. The van der Waals surface area contributed by atoms with Crippen LogP contribution in [-0.4, -0.2) is 28.3 Å². The maximum Gasteiger partial charge on any atom is 0.328 e. The number of aryl methyl sites for hydroxylation is 2. The van der Waals surface area contributed by atoms with E-state index in [-0.39, 0.29) is 18.2 Å². The van der Waals surface area contributed by atoms with E-state index in [0.717, 1.165) is 11.0 Å². The summed E-state index contributed by atoms with van der Waals surface area (Å²) >= 11 is 0. The molecule has 1 aromatic heterocycles. The number of carbonyl (C=O) groups is 1. The number of anilines is 1. The minimum Gasteiger partial charge on any atom is -0.371 e. The number of rotatable bonds is 5. The van der Waals surface area contributed by atoms with Crippen molar-refractivity contribution < 1.29 is 9.53 Å². The Bertz CT molecular complexity index is 740. The second kappa shape index (κ2) is 5.37. The summed E-state index contributed by atoms with van der Waals surface area (Å²) in [5.41, 5.74) is 2.22. The monoisotopic (exact) mass is 289 g/mol. The first-order valence-corrected chi connectivity index (χ1v) is 7.09. The molecule has 21 heavy (non-hydrogen) atoms. The van der Waals surface area contributed by atoms with E-state index >= 15 is 0 Å². The summed E-state index contributed by atoms with van der Waals surface area (Å²) in [6.45, 7) is 0.738. The van der Waals surface area contributed by atoms with Crippen molar-refractivity contribution in [2.75, 3.05) is 18.5 Å². The zero-order valence-corrected chi connectivity index (χ0v) is 12.3. The van der Waals surface area contributed by atoms with E-state index in [9.17, 15) is 9.59 Å². The topological polar surface area (TPSA) is 65.3 Å². The van der Waals surface area contributed by atoms with E-state index in [1.54, 1.807) is 35.4 Å². The van der Waals surface area contributed by atoms with Gasteiger partial charge in [0.15, 0.2) is 0 Å². The lowest BCUT2D eigenvalue weighted by Crippen LogP contribution is -2.19. The first-order valence-electron chi connectivity index (χ1n) is 7.09. The van der Waals surface area contributed by atoms with Crippen LogP contribution in [-0.2, 0) is 23.6 Å². The van der Waals surface area contributed by atoms with E-state index in [1.165, 1.54) is 12.8 Å². The van der Waals surface area contributed by atoms with Gasteiger partial charge in [0.2, 0.25) is 5.91 Å². The van der Waals surface area contributed by atoms with Crippen molar-refractivity contribution in [1.29, 1.82) is 0 Å². The summed E-state index contributed by atoms with van der Waals surface area (Å²) in [5, 5.41) is 2.80. The van der Waals surface area contributed by atoms with Crippen LogP contribution in [0.3, 0.4) is 0 Å². The Balaban J connectivity index is 1.70. The van der Waals surface area contributed by atoms with E-state index < -0.39 is 0 Å². The third-order valence-electron chi connectivity index (χ3n) is 3.84. The lowest BCUT2D eigenvalue weighted by atomic mass is 10.2. The highest BCUT2D eigenvalue weighted by Gasteiger charge is 2.21. The van der Waals surface area contributed by atoms with Crippen molar-refractivity contribution >= 4 is 22.6 Å². The Morgan fingerprint density at radius 2 is 2.00 bits per heavy atom. The fourth-order valence-electron chi connectivity index (χ4n) is 2.38. The number of imidazole rings is 1. The number of hydrogen-bond donors (Lipinski definition) is 1. The van der Waals surface area contributed by atoms with Crippen molar-refractivity contribution in [3.63, 3.8) is 0 Å². The van der Waals surface area contributed by atoms with Gasteiger partial charge >= 0.3 is 5.69 Å². The Kier molecular flexibility index (Phi) is 3.55. The fraction of sp³-hybridized carbons (Fsp3) is 0.467. The van der Waals surface area contributed by atoms with Crippen LogP contribution >= 0.6 is 0 Å². The van der Waals surface area contributed by atoms with Crippen molar-refractivity contribution in [2.24, 2.45) is 20.0 Å². The van der Waals surface area contributed by atoms with Crippen LogP contribution < -0.4 is 11.0 Å². The quantitative estimate of drug-likeness (QED) is 0.900. The third-order valence-corrected chi connectivity index (χ3v) is 3.84. The number of carbonyl (C=O) groups excluding carboxylic acids is 1. The Morgan fingerprint density at radius 3 is 2.71 bits per heavy atom. The maximum absolute atomic E-state index is 11.9. The van der Waals surface area contributed by atoms with Gasteiger partial charge in [-0.15, -0.1) is 0 Å². The summed E-state index contributed by atoms with van der Waals surface area (Å²) in [6, 6.07) is 5.42. The van der Waals surface area contributed by atoms with Gasteiger partial charge in [-0.1, -0.05) is 0 Å². The molecule has 1 saturated carbocycles. The molecule has 112 valence electrons. The highest BCUT2D eigenvalue weighted by Crippen LogP contribution is 2.28. The molecular formula is C15H19N3O3. The summed E-state index contributed by atoms with van der Waals surface area (Å²) in [6.07, 6.45) is 2.42. The molecule has 6 nitrogen and oxygen atoms in total. The van der Waals surface area contributed by atoms with Crippen molar-refractivity contribution in [3.05, 3.63) is 28.7 Å². The largest absolute Gasteiger partial charge is 0.371 e. The van der Waals surface area contributed by atoms with Crippen LogP contribution in [0.1, 0.15) is 12.8 Å². The number of benzene rings is 1. The second-order valence-corrected chi connectivity index (χ2v) is 5.61. The number of amides is 1. The van der Waals surface area contributed by atoms with Crippen molar-refractivity contribution in [1.82, 2.24) is 9.13 Å². The fourth-order valence-corrected chi connectivity index (χ4v) is 2.38. The lowest BCUT2D eigenvalue weighted by Gasteiger charge is -2.06. The van der Waals surface area contributed by atoms with E-state index in [2.05, 4.69) is 5.32 Å². The van der Waals surface area contributed by atoms with Gasteiger partial charge < -0.3 is 10.1 Å². The SMILES string of the molecule is Cn1c(=O)n(C)c2cc(NC(=O)COCC3CC3)ccc21. The molecule has 1 N–H and O–H groups in total. The molecule has 3 rings (SSSR count). The molecule has 1 aliphatic rings. The minimum atomic E-state index is -0.170. The maximum atomic E-state index is 11.9. The molecule has 1 amide bonds. The Hall–Kier alpha value is -2.08. The molecule has 0 aliphatic heterocycles. The van der Waals surface area contributed by atoms with Gasteiger partial charge in [-0.05, 0) is 37.0 Å². The molecule has 2 aromatic rings. The van der Waals surface area contributed by atoms with Crippen LogP contribution in [0, 0.1) is 5.92 Å². The van der Waals surface area contributed by atoms with E-state index in [4.69, 9.17) is 4.74 Å². The molecule has 0 spiro atoms. The Labute approximate surface area is 122 Å². The molecule has 1 fully saturated rings. The van der Waals surface area contributed by atoms with Crippen LogP contribution in [0.5, 0.6) is 0 Å². The molecule has 0 saturated heterocycles. The number of fused-ring (bicyclic) bond motifs is 1. The molecule has 1 aliphatic carbocycles. The van der Waals surface area contributed by atoms with Crippen LogP contribution in [0.15, 0.2) is 23.0 Å². The molecule has 0 unspecified atom stereocenters. The third kappa shape index (κ3) is 2.85. The average molecular weight is 289 g/mol. The van der Waals surface area contributed by atoms with Gasteiger partial charge in [0.05, 0.1) is 17.6 Å². The number of ether oxygens (including phenoxy) is 1. The number of nitrogens with one attached hydrogen (secondary N) is 1. The Morgan fingerprint density at radius 1 is 1.29 bits per heavy atom. The first-order chi connectivity index (χ1) is 10.1. The molecule has 0 bridgehead atoms. The van der Waals surface area contributed by atoms with Gasteiger partial charge in [0.25, 0.3) is 0 Å². The number of nitrogens with zero attached hydrogens (tertiary/aromatic N) is 2. The lowest BCUT2D eigenvalue weighted by molar-refractivity contribution is -0.120. The second-order valence-electron chi connectivity index (χ2n) is 5.61. The van der Waals surface area contributed by atoms with Crippen LogP contribution in [0.4, 0.5) is 5.69 Å². The van der Waals surface area contributed by atoms with Gasteiger partial charge in [-0.3, -0.25) is 13.9 Å². The molecule has 1 heterocycles. The standard InChI is InChI=1S/C15H19N3O3/c1-17-12-6-5-11(7-13(12)18(2)15(17)20)16-14(19)9-21-8-10-3-4-10/h5-7,10H,3-4,8-9H2,1-2H3,(H,16,19). The van der Waals surface area contributed by atoms with Gasteiger partial charge in [-0.25, -0.2) is 4.79 Å². The van der Waals surface area contributed by atoms with Crippen molar-refractivity contribution in [2.45, 2.75) is 12.8 Å². The van der Waals surface area contributed by atoms with Gasteiger partial charge in [-0.2, -0.15) is 0 Å². The average Bonchev–Trinajstić information content (AvgIpc) is 3.25. The molecule has 1 aromatic carbocycles. The van der Waals surface area contributed by atoms with E-state index in [0.29, 0.717) is 18.2 Å². The molecule has 0 radical (unpaired) electrons. The zero-order valence-electron chi connectivity index (χ0n) is 12.3. The summed E-state index contributed by atoms with van der Waals surface area (Å²) in [4.78, 5) is 23.6. The highest BCUT2D eigenvalue weighted by molar-refractivity contribution is 5.93. The predicted octanol–water partition coefficient (Wildman–Crippen LogP) is 1.24. The highest BCUT2D eigenvalue weighted by atomic mass is 16.5. The molecule has 0 atom stereocenters. The summed E-state index contributed by atoms with van der Waals surface area (Å²) in [5.74, 6) is 0.476. The normalized spacial score (nSPS) is 14.6. The van der Waals surface area contributed by atoms with Crippen molar-refractivity contribution in [3.8, 4) is 0 Å². The smallest absolute Gasteiger partial charge is 0.328 e. The summed E-state index contributed by atoms with van der Waals surface area (Å²) < 4.78 is 8.50. The summed E-state index contributed by atoms with van der Waals surface area (Å²) in [7, 11) is 3.45.